The van der Waals surface area contributed by atoms with Crippen LogP contribution in [0.5, 0.6) is 11.5 Å². The molecule has 0 saturated carbocycles. The summed E-state index contributed by atoms with van der Waals surface area (Å²) in [6.45, 7) is 4.62. The fourth-order valence-electron chi connectivity index (χ4n) is 6.90. The Morgan fingerprint density at radius 1 is 1.09 bits per heavy atom. The lowest BCUT2D eigenvalue weighted by atomic mass is 9.84. The smallest absolute Gasteiger partial charge is 0.308 e. The van der Waals surface area contributed by atoms with Crippen molar-refractivity contribution in [2.75, 3.05) is 71.3 Å². The van der Waals surface area contributed by atoms with Crippen molar-refractivity contribution in [2.45, 2.75) is 51.1 Å². The van der Waals surface area contributed by atoms with Crippen molar-refractivity contribution in [2.24, 2.45) is 5.92 Å². The number of hydrogen-bond donors (Lipinski definition) is 1. The highest BCUT2D eigenvalue weighted by atomic mass is 32.2. The van der Waals surface area contributed by atoms with Gasteiger partial charge in [-0.25, -0.2) is 12.7 Å². The maximum Gasteiger partial charge on any atom is 0.308 e. The Hall–Kier alpha value is -3.19. The predicted molar refractivity (Wildman–Crippen MR) is 172 cm³/mol. The van der Waals surface area contributed by atoms with E-state index in [4.69, 9.17) is 9.47 Å². The van der Waals surface area contributed by atoms with E-state index in [1.807, 2.05) is 34.1 Å². The number of rotatable bonds is 13. The number of hydrogen-bond acceptors (Lipinski definition) is 7. The third-order valence-electron chi connectivity index (χ3n) is 8.99. The van der Waals surface area contributed by atoms with Gasteiger partial charge < -0.3 is 24.0 Å². The summed E-state index contributed by atoms with van der Waals surface area (Å²) in [6, 6.07) is 13.1. The van der Waals surface area contributed by atoms with Gasteiger partial charge in [0.2, 0.25) is 22.7 Å². The van der Waals surface area contributed by atoms with Crippen molar-refractivity contribution in [1.29, 1.82) is 0 Å². The lowest BCUT2D eigenvalue weighted by molar-refractivity contribution is -0.884. The second-order valence-electron chi connectivity index (χ2n) is 13.5. The molecule has 3 atom stereocenters. The maximum absolute atomic E-state index is 14.2. The minimum atomic E-state index is -3.35. The lowest BCUT2D eigenvalue weighted by Crippen LogP contribution is -2.45. The third kappa shape index (κ3) is 7.79. The zero-order chi connectivity index (χ0) is 32.4. The number of benzene rings is 2. The highest BCUT2D eigenvalue weighted by molar-refractivity contribution is 7.89. The van der Waals surface area contributed by atoms with E-state index in [9.17, 15) is 23.1 Å². The van der Waals surface area contributed by atoms with Gasteiger partial charge >= 0.3 is 5.97 Å². The zero-order valence-corrected chi connectivity index (χ0v) is 27.7. The molecule has 2 saturated heterocycles. The highest BCUT2D eigenvalue weighted by Gasteiger charge is 2.48. The van der Waals surface area contributed by atoms with Crippen molar-refractivity contribution < 1.29 is 37.1 Å². The number of fused-ring (bicyclic) bond motifs is 1. The molecule has 2 aromatic rings. The van der Waals surface area contributed by atoms with Gasteiger partial charge in [0.05, 0.1) is 39.4 Å². The number of carboxylic acid groups (broad SMARTS) is 1. The predicted octanol–water partition coefficient (Wildman–Crippen LogP) is 3.35. The van der Waals surface area contributed by atoms with Gasteiger partial charge in [-0.2, -0.15) is 0 Å². The van der Waals surface area contributed by atoms with Crippen LogP contribution in [-0.2, 0) is 26.2 Å². The van der Waals surface area contributed by atoms with Crippen LogP contribution in [-0.4, -0.2) is 112 Å². The fourth-order valence-corrected chi connectivity index (χ4v) is 8.44. The largest absolute Gasteiger partial charge is 0.481 e. The van der Waals surface area contributed by atoms with Gasteiger partial charge in [0, 0.05) is 49.4 Å². The molecular formula is C33H47N4O7S+. The standard InChI is InChI=1S/C33H46N4O7S/c1-5-6-15-36(26-10-7-9-24(18-26)22-37(2,3)4)31(38)21-34-20-27(25-11-12-29-30(19-25)44-23-43-29)32(33(39)40)28(34)13-16-35-14-8-17-45(35,41)42/h7,9-12,18-19,27-28,32H,5-6,8,13-17,20-23H2,1-4H3/p+1/t27-,28+,32-/m1/s1. The summed E-state index contributed by atoms with van der Waals surface area (Å²) in [5.74, 6) is -1.00. The number of amides is 1. The number of carbonyl (C=O) groups is 2. The Labute approximate surface area is 266 Å². The molecule has 45 heavy (non-hydrogen) atoms. The van der Waals surface area contributed by atoms with Crippen LogP contribution in [0.15, 0.2) is 42.5 Å². The van der Waals surface area contributed by atoms with Crippen LogP contribution in [0, 0.1) is 5.92 Å². The second-order valence-corrected chi connectivity index (χ2v) is 15.5. The van der Waals surface area contributed by atoms with Crippen molar-refractivity contribution >= 4 is 27.6 Å². The monoisotopic (exact) mass is 643 g/mol. The number of aliphatic carboxylic acids is 1. The number of ether oxygens (including phenoxy) is 2. The van der Waals surface area contributed by atoms with Gasteiger partial charge in [0.1, 0.15) is 6.54 Å². The summed E-state index contributed by atoms with van der Waals surface area (Å²) < 4.78 is 38.5. The topological polar surface area (TPSA) is 117 Å². The summed E-state index contributed by atoms with van der Waals surface area (Å²) in [6.07, 6.45) is 2.64. The molecule has 0 aromatic heterocycles. The van der Waals surface area contributed by atoms with Gasteiger partial charge in [-0.15, -0.1) is 0 Å². The summed E-state index contributed by atoms with van der Waals surface area (Å²) in [5.41, 5.74) is 2.77. The van der Waals surface area contributed by atoms with E-state index in [1.165, 1.54) is 4.31 Å². The number of likely N-dealkylation sites (tertiary alicyclic amines) is 1. The number of nitrogens with zero attached hydrogens (tertiary/aromatic N) is 4. The van der Waals surface area contributed by atoms with Crippen LogP contribution >= 0.6 is 0 Å². The molecule has 0 spiro atoms. The van der Waals surface area contributed by atoms with Crippen molar-refractivity contribution in [1.82, 2.24) is 9.21 Å². The lowest BCUT2D eigenvalue weighted by Gasteiger charge is -2.31. The zero-order valence-electron chi connectivity index (χ0n) is 26.9. The van der Waals surface area contributed by atoms with E-state index in [1.54, 1.807) is 6.07 Å². The van der Waals surface area contributed by atoms with Crippen LogP contribution in [0.25, 0.3) is 0 Å². The van der Waals surface area contributed by atoms with Crippen molar-refractivity contribution in [3.05, 3.63) is 53.6 Å². The second kappa shape index (κ2) is 13.7. The number of quaternary nitrogens is 1. The Balaban J connectivity index is 1.44. The molecule has 246 valence electrons. The van der Waals surface area contributed by atoms with Crippen LogP contribution in [0.1, 0.15) is 49.7 Å². The van der Waals surface area contributed by atoms with E-state index >= 15 is 0 Å². The molecular weight excluding hydrogens is 596 g/mol. The number of carboxylic acids is 1. The van der Waals surface area contributed by atoms with E-state index in [0.717, 1.165) is 40.7 Å². The number of carbonyl (C=O) groups excluding carboxylic acids is 1. The fraction of sp³-hybridized carbons (Fsp3) is 0.576. The van der Waals surface area contributed by atoms with E-state index in [0.29, 0.717) is 44.0 Å². The molecule has 3 aliphatic heterocycles. The van der Waals surface area contributed by atoms with Crippen LogP contribution in [0.3, 0.4) is 0 Å². The molecule has 3 aliphatic rings. The molecule has 1 amide bonds. The first-order valence-corrected chi connectivity index (χ1v) is 17.5. The number of unbranched alkanes of at least 4 members (excludes halogenated alkanes) is 1. The summed E-state index contributed by atoms with van der Waals surface area (Å²) in [7, 11) is 3.04. The van der Waals surface area contributed by atoms with Gasteiger partial charge in [-0.1, -0.05) is 31.5 Å². The molecule has 0 aliphatic carbocycles. The molecule has 3 heterocycles. The van der Waals surface area contributed by atoms with Crippen molar-refractivity contribution in [3.8, 4) is 11.5 Å². The molecule has 1 N–H and O–H groups in total. The Bertz CT molecular complexity index is 1490. The average Bonchev–Trinajstić information content (AvgIpc) is 3.67. The molecule has 5 rings (SSSR count). The number of anilines is 1. The molecule has 11 nitrogen and oxygen atoms in total. The molecule has 2 fully saturated rings. The quantitative estimate of drug-likeness (QED) is 0.331. The first-order valence-electron chi connectivity index (χ1n) is 15.9. The van der Waals surface area contributed by atoms with Gasteiger partial charge in [-0.3, -0.25) is 14.5 Å². The Morgan fingerprint density at radius 3 is 2.56 bits per heavy atom. The van der Waals surface area contributed by atoms with Crippen molar-refractivity contribution in [3.63, 3.8) is 0 Å². The van der Waals surface area contributed by atoms with Crippen LogP contribution in [0.2, 0.25) is 0 Å². The summed E-state index contributed by atoms with van der Waals surface area (Å²) >= 11 is 0. The van der Waals surface area contributed by atoms with E-state index in [2.05, 4.69) is 40.2 Å². The van der Waals surface area contributed by atoms with Crippen LogP contribution < -0.4 is 14.4 Å². The Morgan fingerprint density at radius 2 is 1.87 bits per heavy atom. The van der Waals surface area contributed by atoms with E-state index < -0.39 is 33.9 Å². The average molecular weight is 644 g/mol. The molecule has 2 aromatic carbocycles. The van der Waals surface area contributed by atoms with Gasteiger partial charge in [-0.05, 0) is 49.1 Å². The van der Waals surface area contributed by atoms with Gasteiger partial charge in [0.25, 0.3) is 0 Å². The molecule has 0 bridgehead atoms. The first kappa shape index (κ1) is 33.2. The minimum absolute atomic E-state index is 0.0333. The van der Waals surface area contributed by atoms with Crippen LogP contribution in [0.4, 0.5) is 5.69 Å². The minimum Gasteiger partial charge on any atom is -0.481 e. The van der Waals surface area contributed by atoms with Gasteiger partial charge in [0.15, 0.2) is 11.5 Å². The Kier molecular flexibility index (Phi) is 10.1. The first-order chi connectivity index (χ1) is 21.4. The SMILES string of the molecule is CCCCN(C(=O)CN1C[C@H](c2ccc3c(c2)OCO3)[C@@H](C(=O)O)[C@@H]1CCN1CCCS1(=O)=O)c1cccc(C[N+](C)(C)C)c1. The third-order valence-corrected chi connectivity index (χ3v) is 10.9. The molecule has 0 radical (unpaired) electrons. The summed E-state index contributed by atoms with van der Waals surface area (Å²) in [5, 5.41) is 10.6. The molecule has 0 unspecified atom stereocenters. The molecule has 12 heteroatoms. The maximum atomic E-state index is 14.2. The summed E-state index contributed by atoms with van der Waals surface area (Å²) in [4.78, 5) is 30.9. The normalized spacial score (nSPS) is 23.0. The van der Waals surface area contributed by atoms with E-state index in [-0.39, 0.29) is 31.5 Å². The number of sulfonamides is 1. The highest BCUT2D eigenvalue weighted by Crippen LogP contribution is 2.43.